The molecule has 0 aliphatic carbocycles. The average Bonchev–Trinajstić information content (AvgIpc) is 2.64. The highest BCUT2D eigenvalue weighted by molar-refractivity contribution is 6.30. The van der Waals surface area contributed by atoms with Crippen LogP contribution in [0.2, 0.25) is 5.02 Å². The molecule has 0 radical (unpaired) electrons. The summed E-state index contributed by atoms with van der Waals surface area (Å²) in [5.41, 5.74) is 7.74. The van der Waals surface area contributed by atoms with Crippen LogP contribution in [-0.4, -0.2) is 21.5 Å². The highest BCUT2D eigenvalue weighted by Gasteiger charge is 2.02. The van der Waals surface area contributed by atoms with Crippen LogP contribution in [-0.2, 0) is 13.0 Å². The average molecular weight is 356 g/mol. The maximum Gasteiger partial charge on any atom is 0.222 e. The van der Waals surface area contributed by atoms with E-state index in [4.69, 9.17) is 22.1 Å². The Bertz CT molecular complexity index is 808. The fraction of sp³-hybridized carbons (Fsp3) is 0.167. The highest BCUT2D eigenvalue weighted by Crippen LogP contribution is 2.21. The third-order valence-electron chi connectivity index (χ3n) is 3.45. The Morgan fingerprint density at radius 2 is 1.76 bits per heavy atom. The standard InChI is InChI=1S/C18H18ClN5O/c19-15-11-23-18(24-12-15)22-10-14-6-8-21-17(9-14)25-16-3-1-13(2-4-16)5-7-20/h1-4,6,8-9,11-12H,5,7,10,20H2,(H,22,23,24). The second kappa shape index (κ2) is 8.41. The lowest BCUT2D eigenvalue weighted by atomic mass is 10.1. The van der Waals surface area contributed by atoms with Crippen LogP contribution in [0.3, 0.4) is 0 Å². The van der Waals surface area contributed by atoms with Gasteiger partial charge in [0.15, 0.2) is 0 Å². The molecule has 2 heterocycles. The van der Waals surface area contributed by atoms with E-state index in [1.54, 1.807) is 18.6 Å². The number of nitrogens with two attached hydrogens (primary N) is 1. The zero-order chi connectivity index (χ0) is 17.5. The molecule has 0 saturated heterocycles. The van der Waals surface area contributed by atoms with Gasteiger partial charge in [0.2, 0.25) is 11.8 Å². The lowest BCUT2D eigenvalue weighted by molar-refractivity contribution is 0.462. The number of aromatic nitrogens is 3. The molecule has 0 saturated carbocycles. The first-order chi connectivity index (χ1) is 12.2. The lowest BCUT2D eigenvalue weighted by Crippen LogP contribution is -2.03. The molecule has 2 aromatic heterocycles. The molecular weight excluding hydrogens is 338 g/mol. The predicted octanol–water partition coefficient (Wildman–Crippen LogP) is 3.43. The van der Waals surface area contributed by atoms with Gasteiger partial charge in [-0.3, -0.25) is 0 Å². The fourth-order valence-electron chi connectivity index (χ4n) is 2.21. The van der Waals surface area contributed by atoms with Gasteiger partial charge >= 0.3 is 0 Å². The molecule has 3 aromatic rings. The summed E-state index contributed by atoms with van der Waals surface area (Å²) < 4.78 is 5.80. The third-order valence-corrected chi connectivity index (χ3v) is 3.64. The van der Waals surface area contributed by atoms with Crippen molar-refractivity contribution in [3.8, 4) is 11.6 Å². The largest absolute Gasteiger partial charge is 0.439 e. The number of rotatable bonds is 7. The molecule has 25 heavy (non-hydrogen) atoms. The summed E-state index contributed by atoms with van der Waals surface area (Å²) in [7, 11) is 0. The molecule has 0 unspecified atom stereocenters. The Kier molecular flexibility index (Phi) is 5.77. The molecule has 0 spiro atoms. The minimum atomic E-state index is 0.502. The van der Waals surface area contributed by atoms with Crippen molar-refractivity contribution in [1.82, 2.24) is 15.0 Å². The van der Waals surface area contributed by atoms with Gasteiger partial charge in [-0.05, 0) is 42.3 Å². The number of pyridine rings is 1. The van der Waals surface area contributed by atoms with Crippen LogP contribution in [0, 0.1) is 0 Å². The SMILES string of the molecule is NCCc1ccc(Oc2cc(CNc3ncc(Cl)cn3)ccn2)cc1. The number of nitrogens with one attached hydrogen (secondary N) is 1. The van der Waals surface area contributed by atoms with Gasteiger partial charge in [-0.1, -0.05) is 23.7 Å². The van der Waals surface area contributed by atoms with E-state index >= 15 is 0 Å². The van der Waals surface area contributed by atoms with Crippen molar-refractivity contribution in [2.45, 2.75) is 13.0 Å². The fourth-order valence-corrected chi connectivity index (χ4v) is 2.31. The van der Waals surface area contributed by atoms with Crippen molar-refractivity contribution in [2.24, 2.45) is 5.73 Å². The molecule has 0 bridgehead atoms. The molecule has 7 heteroatoms. The predicted molar refractivity (Wildman–Crippen MR) is 97.9 cm³/mol. The van der Waals surface area contributed by atoms with Crippen molar-refractivity contribution in [3.05, 3.63) is 71.1 Å². The molecule has 6 nitrogen and oxygen atoms in total. The van der Waals surface area contributed by atoms with Crippen molar-refractivity contribution < 1.29 is 4.74 Å². The Morgan fingerprint density at radius 3 is 2.48 bits per heavy atom. The van der Waals surface area contributed by atoms with Crippen molar-refractivity contribution in [1.29, 1.82) is 0 Å². The van der Waals surface area contributed by atoms with Crippen LogP contribution in [0.25, 0.3) is 0 Å². The van der Waals surface area contributed by atoms with Gasteiger partial charge < -0.3 is 15.8 Å². The maximum absolute atomic E-state index is 5.80. The van der Waals surface area contributed by atoms with Gasteiger partial charge in [-0.25, -0.2) is 15.0 Å². The van der Waals surface area contributed by atoms with Crippen LogP contribution in [0.5, 0.6) is 11.6 Å². The Hall–Kier alpha value is -2.70. The first-order valence-corrected chi connectivity index (χ1v) is 8.24. The topological polar surface area (TPSA) is 86.0 Å². The monoisotopic (exact) mass is 355 g/mol. The molecular formula is C18H18ClN5O. The lowest BCUT2D eigenvalue weighted by Gasteiger charge is -2.08. The molecule has 0 amide bonds. The van der Waals surface area contributed by atoms with E-state index in [1.165, 1.54) is 5.56 Å². The van der Waals surface area contributed by atoms with E-state index in [-0.39, 0.29) is 0 Å². The summed E-state index contributed by atoms with van der Waals surface area (Å²) in [4.78, 5) is 12.4. The molecule has 3 N–H and O–H groups in total. The first kappa shape index (κ1) is 17.1. The number of anilines is 1. The van der Waals surface area contributed by atoms with Crippen LogP contribution in [0.4, 0.5) is 5.95 Å². The Balaban J connectivity index is 1.61. The van der Waals surface area contributed by atoms with Gasteiger partial charge in [0.25, 0.3) is 0 Å². The highest BCUT2D eigenvalue weighted by atomic mass is 35.5. The third kappa shape index (κ3) is 5.14. The van der Waals surface area contributed by atoms with Crippen LogP contribution in [0.1, 0.15) is 11.1 Å². The minimum absolute atomic E-state index is 0.502. The van der Waals surface area contributed by atoms with Gasteiger partial charge in [0, 0.05) is 18.8 Å². The normalized spacial score (nSPS) is 10.5. The molecule has 128 valence electrons. The van der Waals surface area contributed by atoms with Gasteiger partial charge in [0.05, 0.1) is 17.4 Å². The van der Waals surface area contributed by atoms with Gasteiger partial charge in [0.1, 0.15) is 5.75 Å². The minimum Gasteiger partial charge on any atom is -0.439 e. The van der Waals surface area contributed by atoms with Crippen LogP contribution < -0.4 is 15.8 Å². The summed E-state index contributed by atoms with van der Waals surface area (Å²) in [6, 6.07) is 11.6. The summed E-state index contributed by atoms with van der Waals surface area (Å²) in [6.07, 6.45) is 5.66. The summed E-state index contributed by atoms with van der Waals surface area (Å²) in [6.45, 7) is 1.18. The van der Waals surface area contributed by atoms with E-state index in [9.17, 15) is 0 Å². The van der Waals surface area contributed by atoms with Gasteiger partial charge in [-0.2, -0.15) is 0 Å². The zero-order valence-corrected chi connectivity index (χ0v) is 14.3. The molecule has 0 aliphatic rings. The van der Waals surface area contributed by atoms with E-state index < -0.39 is 0 Å². The second-order valence-corrected chi connectivity index (χ2v) is 5.80. The molecule has 1 aromatic carbocycles. The molecule has 0 atom stereocenters. The Labute approximate surface area is 151 Å². The quantitative estimate of drug-likeness (QED) is 0.675. The summed E-state index contributed by atoms with van der Waals surface area (Å²) in [5, 5.41) is 3.63. The van der Waals surface area contributed by atoms with E-state index in [1.807, 2.05) is 36.4 Å². The number of benzene rings is 1. The Morgan fingerprint density at radius 1 is 1.00 bits per heavy atom. The smallest absolute Gasteiger partial charge is 0.222 e. The number of nitrogens with zero attached hydrogens (tertiary/aromatic N) is 3. The van der Waals surface area contributed by atoms with Crippen LogP contribution >= 0.6 is 11.6 Å². The molecule has 0 fully saturated rings. The zero-order valence-electron chi connectivity index (χ0n) is 13.5. The van der Waals surface area contributed by atoms with Crippen LogP contribution in [0.15, 0.2) is 55.0 Å². The number of ether oxygens (including phenoxy) is 1. The first-order valence-electron chi connectivity index (χ1n) is 7.86. The van der Waals surface area contributed by atoms with Gasteiger partial charge in [-0.15, -0.1) is 0 Å². The molecule has 0 aliphatic heterocycles. The van der Waals surface area contributed by atoms with E-state index in [0.29, 0.717) is 29.9 Å². The van der Waals surface area contributed by atoms with E-state index in [0.717, 1.165) is 17.7 Å². The van der Waals surface area contributed by atoms with Crippen molar-refractivity contribution in [2.75, 3.05) is 11.9 Å². The summed E-state index contributed by atoms with van der Waals surface area (Å²) in [5.74, 6) is 1.78. The van der Waals surface area contributed by atoms with Crippen molar-refractivity contribution in [3.63, 3.8) is 0 Å². The number of halogens is 1. The summed E-state index contributed by atoms with van der Waals surface area (Å²) >= 11 is 5.77. The second-order valence-electron chi connectivity index (χ2n) is 5.37. The number of hydrogen-bond donors (Lipinski definition) is 2. The van der Waals surface area contributed by atoms with Crippen molar-refractivity contribution >= 4 is 17.5 Å². The maximum atomic E-state index is 5.80. The van der Waals surface area contributed by atoms with E-state index in [2.05, 4.69) is 20.3 Å². The molecule has 3 rings (SSSR count). The number of hydrogen-bond acceptors (Lipinski definition) is 6.